The molecule has 1 saturated carbocycles. The first-order valence-electron chi connectivity index (χ1n) is 8.37. The standard InChI is InChI=1S/C18H26N2O/c1-13(20-18(21)15-8-3-2-4-9-15)17-16-10-6-5-7-14(16)11-12-19-17/h5-7,10,13,15,17,19H,2-4,8-9,11-12H2,1H3,(H,20,21). The summed E-state index contributed by atoms with van der Waals surface area (Å²) >= 11 is 0. The van der Waals surface area contributed by atoms with Crippen LogP contribution in [0.4, 0.5) is 0 Å². The molecule has 1 amide bonds. The summed E-state index contributed by atoms with van der Waals surface area (Å²) in [5.74, 6) is 0.493. The highest BCUT2D eigenvalue weighted by molar-refractivity contribution is 5.79. The summed E-state index contributed by atoms with van der Waals surface area (Å²) in [5.41, 5.74) is 2.76. The average molecular weight is 286 g/mol. The van der Waals surface area contributed by atoms with Crippen LogP contribution in [-0.4, -0.2) is 18.5 Å². The minimum Gasteiger partial charge on any atom is -0.351 e. The first kappa shape index (κ1) is 14.6. The van der Waals surface area contributed by atoms with Gasteiger partial charge in [-0.05, 0) is 43.9 Å². The van der Waals surface area contributed by atoms with Gasteiger partial charge in [-0.25, -0.2) is 0 Å². The molecule has 1 aromatic carbocycles. The maximum Gasteiger partial charge on any atom is 0.223 e. The van der Waals surface area contributed by atoms with E-state index in [1.165, 1.54) is 30.4 Å². The highest BCUT2D eigenvalue weighted by Crippen LogP contribution is 2.27. The van der Waals surface area contributed by atoms with Gasteiger partial charge in [-0.1, -0.05) is 43.5 Å². The number of fused-ring (bicyclic) bond motifs is 1. The first-order chi connectivity index (χ1) is 10.3. The van der Waals surface area contributed by atoms with Gasteiger partial charge >= 0.3 is 0 Å². The molecule has 2 unspecified atom stereocenters. The van der Waals surface area contributed by atoms with E-state index in [0.29, 0.717) is 0 Å². The molecule has 3 nitrogen and oxygen atoms in total. The second-order valence-electron chi connectivity index (χ2n) is 6.51. The molecule has 2 aliphatic rings. The van der Waals surface area contributed by atoms with E-state index in [1.54, 1.807) is 0 Å². The van der Waals surface area contributed by atoms with Gasteiger partial charge in [-0.3, -0.25) is 4.79 Å². The number of hydrogen-bond acceptors (Lipinski definition) is 2. The van der Waals surface area contributed by atoms with Gasteiger partial charge in [-0.2, -0.15) is 0 Å². The van der Waals surface area contributed by atoms with Gasteiger partial charge in [0.1, 0.15) is 0 Å². The minimum atomic E-state index is 0.140. The van der Waals surface area contributed by atoms with E-state index >= 15 is 0 Å². The normalized spacial score (nSPS) is 24.1. The van der Waals surface area contributed by atoms with E-state index in [9.17, 15) is 4.79 Å². The van der Waals surface area contributed by atoms with E-state index < -0.39 is 0 Å². The van der Waals surface area contributed by atoms with Crippen molar-refractivity contribution < 1.29 is 4.79 Å². The lowest BCUT2D eigenvalue weighted by molar-refractivity contribution is -0.126. The molecule has 2 atom stereocenters. The third kappa shape index (κ3) is 3.29. The monoisotopic (exact) mass is 286 g/mol. The Morgan fingerprint density at radius 1 is 1.24 bits per heavy atom. The summed E-state index contributed by atoms with van der Waals surface area (Å²) in [4.78, 5) is 12.4. The van der Waals surface area contributed by atoms with Crippen LogP contribution in [0.25, 0.3) is 0 Å². The number of amides is 1. The Morgan fingerprint density at radius 3 is 2.81 bits per heavy atom. The Hall–Kier alpha value is -1.35. The molecule has 21 heavy (non-hydrogen) atoms. The van der Waals surface area contributed by atoms with Gasteiger partial charge in [0.25, 0.3) is 0 Å². The van der Waals surface area contributed by atoms with Crippen molar-refractivity contribution in [1.82, 2.24) is 10.6 Å². The van der Waals surface area contributed by atoms with Gasteiger partial charge in [0.05, 0.1) is 6.04 Å². The minimum absolute atomic E-state index is 0.140. The molecule has 0 spiro atoms. The van der Waals surface area contributed by atoms with Crippen molar-refractivity contribution in [3.8, 4) is 0 Å². The fourth-order valence-electron chi connectivity index (χ4n) is 3.77. The molecule has 1 fully saturated rings. The fourth-order valence-corrected chi connectivity index (χ4v) is 3.77. The third-order valence-electron chi connectivity index (χ3n) is 4.99. The van der Waals surface area contributed by atoms with Crippen LogP contribution in [0.1, 0.15) is 56.2 Å². The summed E-state index contributed by atoms with van der Waals surface area (Å²) in [5, 5.41) is 6.83. The SMILES string of the molecule is CC(NC(=O)C1CCCCC1)C1NCCc2ccccc21. The van der Waals surface area contributed by atoms with Crippen LogP contribution in [0.15, 0.2) is 24.3 Å². The van der Waals surface area contributed by atoms with Crippen molar-refractivity contribution in [2.75, 3.05) is 6.54 Å². The number of hydrogen-bond donors (Lipinski definition) is 2. The Labute approximate surface area is 127 Å². The molecule has 3 heteroatoms. The third-order valence-corrected chi connectivity index (χ3v) is 4.99. The first-order valence-corrected chi connectivity index (χ1v) is 8.37. The lowest BCUT2D eigenvalue weighted by atomic mass is 9.87. The number of benzene rings is 1. The molecule has 1 aliphatic carbocycles. The van der Waals surface area contributed by atoms with E-state index in [4.69, 9.17) is 0 Å². The molecule has 114 valence electrons. The molecule has 3 rings (SSSR count). The zero-order valence-electron chi connectivity index (χ0n) is 12.9. The molecular weight excluding hydrogens is 260 g/mol. The molecule has 1 aliphatic heterocycles. The molecule has 1 heterocycles. The second kappa shape index (κ2) is 6.61. The number of rotatable bonds is 3. The van der Waals surface area contributed by atoms with Crippen LogP contribution in [0, 0.1) is 5.92 Å². The fraction of sp³-hybridized carbons (Fsp3) is 0.611. The Bertz CT molecular complexity index is 494. The van der Waals surface area contributed by atoms with E-state index in [-0.39, 0.29) is 23.9 Å². The van der Waals surface area contributed by atoms with Crippen LogP contribution in [-0.2, 0) is 11.2 Å². The van der Waals surface area contributed by atoms with Gasteiger partial charge < -0.3 is 10.6 Å². The lowest BCUT2D eigenvalue weighted by Gasteiger charge is -2.33. The number of carbonyl (C=O) groups is 1. The van der Waals surface area contributed by atoms with Gasteiger partial charge in [0, 0.05) is 12.0 Å². The molecule has 0 saturated heterocycles. The van der Waals surface area contributed by atoms with Crippen molar-refractivity contribution in [2.24, 2.45) is 5.92 Å². The largest absolute Gasteiger partial charge is 0.351 e. The van der Waals surface area contributed by atoms with Crippen LogP contribution in [0.5, 0.6) is 0 Å². The van der Waals surface area contributed by atoms with Crippen LogP contribution in [0.2, 0.25) is 0 Å². The van der Waals surface area contributed by atoms with Crippen molar-refractivity contribution in [2.45, 2.75) is 57.5 Å². The van der Waals surface area contributed by atoms with Crippen molar-refractivity contribution in [3.63, 3.8) is 0 Å². The lowest BCUT2D eigenvalue weighted by Crippen LogP contribution is -2.47. The van der Waals surface area contributed by atoms with Gasteiger partial charge in [0.15, 0.2) is 0 Å². The van der Waals surface area contributed by atoms with Crippen molar-refractivity contribution in [3.05, 3.63) is 35.4 Å². The van der Waals surface area contributed by atoms with E-state index in [1.807, 2.05) is 0 Å². The zero-order valence-corrected chi connectivity index (χ0v) is 12.9. The summed E-state index contributed by atoms with van der Waals surface area (Å²) in [7, 11) is 0. The van der Waals surface area contributed by atoms with Crippen LogP contribution in [0.3, 0.4) is 0 Å². The van der Waals surface area contributed by atoms with Gasteiger partial charge in [-0.15, -0.1) is 0 Å². The maximum absolute atomic E-state index is 12.4. The summed E-state index contributed by atoms with van der Waals surface area (Å²) in [6, 6.07) is 8.97. The Balaban J connectivity index is 1.65. The Morgan fingerprint density at radius 2 is 2.00 bits per heavy atom. The number of nitrogens with one attached hydrogen (secondary N) is 2. The van der Waals surface area contributed by atoms with Gasteiger partial charge in [0.2, 0.25) is 5.91 Å². The quantitative estimate of drug-likeness (QED) is 0.897. The van der Waals surface area contributed by atoms with E-state index in [2.05, 4.69) is 41.8 Å². The molecule has 0 radical (unpaired) electrons. The summed E-state index contributed by atoms with van der Waals surface area (Å²) in [6.07, 6.45) is 6.90. The smallest absolute Gasteiger partial charge is 0.223 e. The molecular formula is C18H26N2O. The number of carbonyl (C=O) groups excluding carboxylic acids is 1. The van der Waals surface area contributed by atoms with Crippen molar-refractivity contribution in [1.29, 1.82) is 0 Å². The summed E-state index contributed by atoms with van der Waals surface area (Å²) in [6.45, 7) is 3.12. The van der Waals surface area contributed by atoms with Crippen LogP contribution < -0.4 is 10.6 Å². The second-order valence-corrected chi connectivity index (χ2v) is 6.51. The van der Waals surface area contributed by atoms with Crippen molar-refractivity contribution >= 4 is 5.91 Å². The Kier molecular flexibility index (Phi) is 4.59. The predicted octanol–water partition coefficient (Wildman–Crippen LogP) is 2.96. The predicted molar refractivity (Wildman–Crippen MR) is 85.1 cm³/mol. The highest BCUT2D eigenvalue weighted by atomic mass is 16.1. The van der Waals surface area contributed by atoms with Crippen LogP contribution >= 0.6 is 0 Å². The average Bonchev–Trinajstić information content (AvgIpc) is 2.55. The van der Waals surface area contributed by atoms with E-state index in [0.717, 1.165) is 25.8 Å². The topological polar surface area (TPSA) is 41.1 Å². The highest BCUT2D eigenvalue weighted by Gasteiger charge is 2.28. The maximum atomic E-state index is 12.4. The molecule has 1 aromatic rings. The molecule has 0 bridgehead atoms. The molecule has 0 aromatic heterocycles. The summed E-state index contributed by atoms with van der Waals surface area (Å²) < 4.78 is 0. The molecule has 2 N–H and O–H groups in total. The zero-order chi connectivity index (χ0) is 14.7.